The molecule has 0 bridgehead atoms. The zero-order valence-corrected chi connectivity index (χ0v) is 15.2. The van der Waals surface area contributed by atoms with Crippen molar-refractivity contribution in [1.82, 2.24) is 0 Å². The summed E-state index contributed by atoms with van der Waals surface area (Å²) in [6.07, 6.45) is 32.6. The van der Waals surface area contributed by atoms with Gasteiger partial charge in [-0.15, -0.1) is 12.6 Å². The highest BCUT2D eigenvalue weighted by Gasteiger charge is 1.87. The highest BCUT2D eigenvalue weighted by Crippen LogP contribution is 1.99. The van der Waals surface area contributed by atoms with Gasteiger partial charge in [0.15, 0.2) is 0 Å². The van der Waals surface area contributed by atoms with Crippen molar-refractivity contribution >= 4 is 12.6 Å². The summed E-state index contributed by atoms with van der Waals surface area (Å²) in [6.45, 7) is 2.15. The lowest BCUT2D eigenvalue weighted by Crippen LogP contribution is -1.90. The Kier molecular flexibility index (Phi) is 17.8. The van der Waals surface area contributed by atoms with Crippen LogP contribution in [0.4, 0.5) is 0 Å². The average molecular weight is 333 g/mol. The Morgan fingerprint density at radius 1 is 0.609 bits per heavy atom. The van der Waals surface area contributed by atoms with Gasteiger partial charge < -0.3 is 5.11 Å². The summed E-state index contributed by atoms with van der Waals surface area (Å²) >= 11 is 3.90. The van der Waals surface area contributed by atoms with Crippen LogP contribution in [0.25, 0.3) is 0 Å². The second kappa shape index (κ2) is 18.8. The molecule has 1 unspecified atom stereocenters. The van der Waals surface area contributed by atoms with Gasteiger partial charge in [-0.1, -0.05) is 79.8 Å². The lowest BCUT2D eigenvalue weighted by atomic mass is 10.2. The van der Waals surface area contributed by atoms with Crippen LogP contribution in [0.3, 0.4) is 0 Å². The molecule has 0 amide bonds. The standard InChI is InChI=1S/C21H32OS/c1-2-3-4-5-6-7-8-9-10-11-12-13-14-15-16-17-18-19-20-21(22)23/h3-4,6-7,9-10,12-13,15-16,18-19,21-23H,2,5,8,11,14,17,20H2,1H3. The fourth-order valence-electron chi connectivity index (χ4n) is 1.74. The third-order valence-corrected chi connectivity index (χ3v) is 3.15. The third-order valence-electron chi connectivity index (χ3n) is 2.94. The van der Waals surface area contributed by atoms with E-state index in [1.807, 2.05) is 12.2 Å². The van der Waals surface area contributed by atoms with E-state index in [0.717, 1.165) is 38.5 Å². The van der Waals surface area contributed by atoms with Crippen LogP contribution in [0.5, 0.6) is 0 Å². The molecule has 0 saturated carbocycles. The minimum absolute atomic E-state index is 0.542. The van der Waals surface area contributed by atoms with Crippen molar-refractivity contribution in [2.45, 2.75) is 57.3 Å². The molecule has 0 radical (unpaired) electrons. The lowest BCUT2D eigenvalue weighted by Gasteiger charge is -1.94. The van der Waals surface area contributed by atoms with Crippen molar-refractivity contribution in [3.63, 3.8) is 0 Å². The predicted molar refractivity (Wildman–Crippen MR) is 108 cm³/mol. The number of allylic oxidation sites excluding steroid dienone is 11. The van der Waals surface area contributed by atoms with Gasteiger partial charge in [-0.2, -0.15) is 0 Å². The normalized spacial score (nSPS) is 14.7. The first-order chi connectivity index (χ1) is 11.3. The second-order valence-electron chi connectivity index (χ2n) is 5.13. The molecule has 23 heavy (non-hydrogen) atoms. The molecule has 0 aromatic rings. The number of hydrogen-bond donors (Lipinski definition) is 2. The number of rotatable bonds is 13. The van der Waals surface area contributed by atoms with Crippen molar-refractivity contribution in [1.29, 1.82) is 0 Å². The van der Waals surface area contributed by atoms with Crippen molar-refractivity contribution in [2.24, 2.45) is 0 Å². The minimum Gasteiger partial charge on any atom is -0.382 e. The largest absolute Gasteiger partial charge is 0.382 e. The number of thiol groups is 1. The van der Waals surface area contributed by atoms with Gasteiger partial charge in [-0.05, 0) is 38.5 Å². The fourth-order valence-corrected chi connectivity index (χ4v) is 1.86. The van der Waals surface area contributed by atoms with E-state index in [9.17, 15) is 0 Å². The Bertz CT molecular complexity index is 412. The molecule has 1 nitrogen and oxygen atoms in total. The Morgan fingerprint density at radius 3 is 1.22 bits per heavy atom. The lowest BCUT2D eigenvalue weighted by molar-refractivity contribution is 0.269. The molecule has 0 heterocycles. The van der Waals surface area contributed by atoms with Crippen molar-refractivity contribution in [2.75, 3.05) is 0 Å². The maximum Gasteiger partial charge on any atom is 0.0999 e. The van der Waals surface area contributed by atoms with Crippen LogP contribution in [0.1, 0.15) is 51.9 Å². The Balaban J connectivity index is 3.51. The van der Waals surface area contributed by atoms with E-state index in [1.165, 1.54) is 0 Å². The van der Waals surface area contributed by atoms with Crippen LogP contribution in [0.15, 0.2) is 72.9 Å². The first-order valence-electron chi connectivity index (χ1n) is 8.53. The van der Waals surface area contributed by atoms with Crippen molar-refractivity contribution < 1.29 is 5.11 Å². The van der Waals surface area contributed by atoms with E-state index < -0.39 is 5.44 Å². The van der Waals surface area contributed by atoms with Gasteiger partial charge in [0.25, 0.3) is 0 Å². The summed E-state index contributed by atoms with van der Waals surface area (Å²) in [6, 6.07) is 0. The van der Waals surface area contributed by atoms with E-state index in [0.29, 0.717) is 6.42 Å². The van der Waals surface area contributed by atoms with Gasteiger partial charge in [-0.25, -0.2) is 0 Å². The summed E-state index contributed by atoms with van der Waals surface area (Å²) in [7, 11) is 0. The predicted octanol–water partition coefficient (Wildman–Crippen LogP) is 6.32. The SMILES string of the molecule is CCC=CCC=CCC=CCC=CCC=CCC=CCC(O)S. The third kappa shape index (κ3) is 20.8. The first-order valence-corrected chi connectivity index (χ1v) is 9.05. The zero-order valence-electron chi connectivity index (χ0n) is 14.3. The number of hydrogen-bond acceptors (Lipinski definition) is 2. The Labute approximate surface area is 148 Å². The molecule has 0 aromatic carbocycles. The number of aliphatic hydroxyl groups excluding tert-OH is 1. The van der Waals surface area contributed by atoms with Crippen molar-refractivity contribution in [3.8, 4) is 0 Å². The fraction of sp³-hybridized carbons (Fsp3) is 0.429. The molecule has 0 rings (SSSR count). The summed E-state index contributed by atoms with van der Waals surface area (Å²) in [5, 5.41) is 8.96. The van der Waals surface area contributed by atoms with Crippen LogP contribution in [0, 0.1) is 0 Å². The van der Waals surface area contributed by atoms with Gasteiger partial charge in [0.05, 0.1) is 5.44 Å². The van der Waals surface area contributed by atoms with Gasteiger partial charge in [0.2, 0.25) is 0 Å². The Morgan fingerprint density at radius 2 is 0.913 bits per heavy atom. The average Bonchev–Trinajstić information content (AvgIpc) is 2.53. The van der Waals surface area contributed by atoms with Crippen LogP contribution in [-0.2, 0) is 0 Å². The minimum atomic E-state index is -0.542. The maximum atomic E-state index is 8.96. The highest BCUT2D eigenvalue weighted by atomic mass is 32.1. The molecule has 0 aliphatic heterocycles. The molecule has 128 valence electrons. The molecule has 2 heteroatoms. The molecule has 0 aromatic heterocycles. The second-order valence-corrected chi connectivity index (χ2v) is 5.73. The quantitative estimate of drug-likeness (QED) is 0.230. The molecule has 0 fully saturated rings. The summed E-state index contributed by atoms with van der Waals surface area (Å²) in [5.74, 6) is 0. The van der Waals surface area contributed by atoms with Gasteiger partial charge in [-0.3, -0.25) is 0 Å². The van der Waals surface area contributed by atoms with Crippen LogP contribution in [0.2, 0.25) is 0 Å². The summed E-state index contributed by atoms with van der Waals surface area (Å²) < 4.78 is 0. The molecule has 0 spiro atoms. The molecular formula is C21H32OS. The molecular weight excluding hydrogens is 300 g/mol. The highest BCUT2D eigenvalue weighted by molar-refractivity contribution is 7.80. The molecule has 0 aliphatic rings. The Hall–Kier alpha value is -1.25. The van der Waals surface area contributed by atoms with E-state index in [1.54, 1.807) is 0 Å². The number of aliphatic hydroxyl groups is 1. The van der Waals surface area contributed by atoms with E-state index >= 15 is 0 Å². The zero-order chi connectivity index (χ0) is 17.0. The van der Waals surface area contributed by atoms with Crippen LogP contribution >= 0.6 is 12.6 Å². The van der Waals surface area contributed by atoms with E-state index in [4.69, 9.17) is 5.11 Å². The van der Waals surface area contributed by atoms with Crippen molar-refractivity contribution in [3.05, 3.63) is 72.9 Å². The van der Waals surface area contributed by atoms with Gasteiger partial charge in [0, 0.05) is 6.42 Å². The topological polar surface area (TPSA) is 20.2 Å². The summed E-state index contributed by atoms with van der Waals surface area (Å²) in [4.78, 5) is 0. The molecule has 1 atom stereocenters. The molecule has 0 saturated heterocycles. The monoisotopic (exact) mass is 332 g/mol. The van der Waals surface area contributed by atoms with Gasteiger partial charge in [0.1, 0.15) is 0 Å². The smallest absolute Gasteiger partial charge is 0.0999 e. The molecule has 1 N–H and O–H groups in total. The van der Waals surface area contributed by atoms with E-state index in [-0.39, 0.29) is 0 Å². The van der Waals surface area contributed by atoms with Crippen LogP contribution in [-0.4, -0.2) is 10.5 Å². The molecule has 0 aliphatic carbocycles. The van der Waals surface area contributed by atoms with Gasteiger partial charge >= 0.3 is 0 Å². The van der Waals surface area contributed by atoms with Crippen LogP contribution < -0.4 is 0 Å². The summed E-state index contributed by atoms with van der Waals surface area (Å²) in [5.41, 5.74) is -0.542. The first kappa shape index (κ1) is 21.8. The van der Waals surface area contributed by atoms with E-state index in [2.05, 4.69) is 80.3 Å². The maximum absolute atomic E-state index is 8.96.